The summed E-state index contributed by atoms with van der Waals surface area (Å²) in [6.45, 7) is 0. The van der Waals surface area contributed by atoms with E-state index in [0.717, 1.165) is 24.3 Å². The van der Waals surface area contributed by atoms with Gasteiger partial charge in [-0.25, -0.2) is 8.42 Å². The Labute approximate surface area is 199 Å². The molecule has 35 heavy (non-hydrogen) atoms. The molecule has 2 N–H and O–H groups in total. The number of hydrogen-bond acceptors (Lipinski definition) is 5. The second-order valence-corrected chi connectivity index (χ2v) is 9.17. The molecular formula is C24H19F3N2O5S. The number of carbonyl (C=O) groups is 1. The van der Waals surface area contributed by atoms with Crippen molar-refractivity contribution in [3.05, 3.63) is 77.4 Å². The number of alkyl halides is 3. The molecule has 0 bridgehead atoms. The van der Waals surface area contributed by atoms with E-state index in [1.54, 1.807) is 24.3 Å². The molecule has 0 saturated heterocycles. The lowest BCUT2D eigenvalue weighted by Gasteiger charge is -2.12. The third-order valence-electron chi connectivity index (χ3n) is 5.28. The summed E-state index contributed by atoms with van der Waals surface area (Å²) in [5.74, 6) is 0.421. The van der Waals surface area contributed by atoms with Gasteiger partial charge in [0.1, 0.15) is 0 Å². The van der Waals surface area contributed by atoms with Crippen molar-refractivity contribution in [2.45, 2.75) is 11.1 Å². The second kappa shape index (κ2) is 8.99. The van der Waals surface area contributed by atoms with Crippen molar-refractivity contribution in [1.82, 2.24) is 0 Å². The first kappa shape index (κ1) is 24.1. The van der Waals surface area contributed by atoms with Gasteiger partial charge in [-0.15, -0.1) is 0 Å². The van der Waals surface area contributed by atoms with Crippen LogP contribution in [0.3, 0.4) is 0 Å². The quantitative estimate of drug-likeness (QED) is 0.460. The van der Waals surface area contributed by atoms with Crippen molar-refractivity contribution >= 4 is 39.0 Å². The van der Waals surface area contributed by atoms with Gasteiger partial charge in [0.25, 0.3) is 15.9 Å². The van der Waals surface area contributed by atoms with Crippen molar-refractivity contribution < 1.29 is 35.9 Å². The number of methoxy groups -OCH3 is 2. The second-order valence-electron chi connectivity index (χ2n) is 7.48. The van der Waals surface area contributed by atoms with Crippen LogP contribution in [-0.2, 0) is 21.0 Å². The fourth-order valence-electron chi connectivity index (χ4n) is 3.60. The maximum Gasteiger partial charge on any atom is 0.416 e. The lowest BCUT2D eigenvalue weighted by atomic mass is 10.0. The molecule has 1 aliphatic heterocycles. The van der Waals surface area contributed by atoms with Crippen LogP contribution < -0.4 is 19.5 Å². The molecule has 0 aliphatic carbocycles. The van der Waals surface area contributed by atoms with E-state index < -0.39 is 27.7 Å². The molecule has 1 aliphatic rings. The van der Waals surface area contributed by atoms with E-state index in [1.807, 2.05) is 0 Å². The van der Waals surface area contributed by atoms with Gasteiger partial charge in [0.05, 0.1) is 24.7 Å². The van der Waals surface area contributed by atoms with E-state index in [-0.39, 0.29) is 16.2 Å². The Morgan fingerprint density at radius 2 is 1.69 bits per heavy atom. The number of carbonyl (C=O) groups excluding carboxylic acids is 1. The molecule has 1 heterocycles. The third-order valence-corrected chi connectivity index (χ3v) is 6.66. The summed E-state index contributed by atoms with van der Waals surface area (Å²) in [7, 11) is -1.22. The maximum atomic E-state index is 12.9. The number of nitrogens with one attached hydrogen (secondary N) is 2. The molecule has 182 valence electrons. The fourth-order valence-corrected chi connectivity index (χ4v) is 4.68. The summed E-state index contributed by atoms with van der Waals surface area (Å²) in [5, 5.41) is 2.68. The minimum Gasteiger partial charge on any atom is -0.493 e. The van der Waals surface area contributed by atoms with Crippen LogP contribution in [-0.4, -0.2) is 28.5 Å². The van der Waals surface area contributed by atoms with Crippen molar-refractivity contribution in [1.29, 1.82) is 0 Å². The topological polar surface area (TPSA) is 93.7 Å². The van der Waals surface area contributed by atoms with Crippen molar-refractivity contribution in [2.75, 3.05) is 24.3 Å². The van der Waals surface area contributed by atoms with Crippen molar-refractivity contribution in [3.63, 3.8) is 0 Å². The zero-order valence-corrected chi connectivity index (χ0v) is 19.3. The first-order chi connectivity index (χ1) is 16.5. The zero-order valence-electron chi connectivity index (χ0n) is 18.4. The highest BCUT2D eigenvalue weighted by Gasteiger charge is 2.30. The van der Waals surface area contributed by atoms with E-state index in [1.165, 1.54) is 32.4 Å². The highest BCUT2D eigenvalue weighted by Crippen LogP contribution is 2.38. The average Bonchev–Trinajstić information content (AvgIpc) is 3.12. The van der Waals surface area contributed by atoms with Gasteiger partial charge in [0.2, 0.25) is 0 Å². The summed E-state index contributed by atoms with van der Waals surface area (Å²) in [4.78, 5) is 12.5. The molecule has 3 aromatic rings. The van der Waals surface area contributed by atoms with Gasteiger partial charge < -0.3 is 14.8 Å². The molecule has 0 fully saturated rings. The monoisotopic (exact) mass is 504 g/mol. The Hall–Kier alpha value is -3.99. The summed E-state index contributed by atoms with van der Waals surface area (Å²) in [6.07, 6.45) is -2.98. The zero-order chi connectivity index (χ0) is 25.4. The molecule has 0 spiro atoms. The van der Waals surface area contributed by atoms with Gasteiger partial charge in [0.15, 0.2) is 11.5 Å². The van der Waals surface area contributed by atoms with Crippen LogP contribution in [0.5, 0.6) is 11.5 Å². The molecule has 1 amide bonds. The Morgan fingerprint density at radius 1 is 0.971 bits per heavy atom. The van der Waals surface area contributed by atoms with Crippen molar-refractivity contribution in [2.24, 2.45) is 0 Å². The lowest BCUT2D eigenvalue weighted by molar-refractivity contribution is -0.137. The first-order valence-electron chi connectivity index (χ1n) is 10.1. The number of rotatable bonds is 6. The minimum atomic E-state index is -4.54. The van der Waals surface area contributed by atoms with Gasteiger partial charge in [-0.3, -0.25) is 9.52 Å². The van der Waals surface area contributed by atoms with Crippen molar-refractivity contribution in [3.8, 4) is 11.5 Å². The van der Waals surface area contributed by atoms with E-state index in [2.05, 4.69) is 10.0 Å². The summed E-state index contributed by atoms with van der Waals surface area (Å²) in [6, 6.07) is 12.8. The molecule has 0 aromatic heterocycles. The number of amides is 1. The van der Waals surface area contributed by atoms with Crippen LogP contribution in [0.15, 0.2) is 65.6 Å². The number of benzene rings is 3. The molecule has 3 aromatic carbocycles. The van der Waals surface area contributed by atoms with E-state index in [9.17, 15) is 26.4 Å². The number of ether oxygens (including phenoxy) is 2. The molecular weight excluding hydrogens is 485 g/mol. The predicted molar refractivity (Wildman–Crippen MR) is 125 cm³/mol. The summed E-state index contributed by atoms with van der Waals surface area (Å²) < 4.78 is 77.1. The Balaban J connectivity index is 1.69. The van der Waals surface area contributed by atoms with Gasteiger partial charge in [-0.05, 0) is 54.6 Å². The number of fused-ring (bicyclic) bond motifs is 1. The highest BCUT2D eigenvalue weighted by atomic mass is 32.2. The average molecular weight is 504 g/mol. The van der Waals surface area contributed by atoms with Crippen LogP contribution in [0, 0.1) is 0 Å². The molecule has 0 atom stereocenters. The number of hydrogen-bond donors (Lipinski definition) is 2. The largest absolute Gasteiger partial charge is 0.493 e. The van der Waals surface area contributed by atoms with Gasteiger partial charge in [-0.2, -0.15) is 13.2 Å². The smallest absolute Gasteiger partial charge is 0.416 e. The molecule has 0 unspecified atom stereocenters. The Morgan fingerprint density at radius 3 is 2.31 bits per heavy atom. The molecule has 4 rings (SSSR count). The first-order valence-corrected chi connectivity index (χ1v) is 11.6. The van der Waals surface area contributed by atoms with Gasteiger partial charge >= 0.3 is 6.18 Å². The van der Waals surface area contributed by atoms with E-state index in [4.69, 9.17) is 9.47 Å². The van der Waals surface area contributed by atoms with Gasteiger partial charge in [0, 0.05) is 28.1 Å². The number of anilines is 2. The SMILES string of the molecule is COc1cccc(C=C2C(=O)Nc3ccc(S(=O)(=O)Nc4ccc(C(F)(F)F)cc4)cc32)c1OC. The van der Waals surface area contributed by atoms with Gasteiger partial charge in [-0.1, -0.05) is 12.1 Å². The molecule has 0 saturated carbocycles. The Kier molecular flexibility index (Phi) is 6.20. The molecule has 0 radical (unpaired) electrons. The molecule has 7 nitrogen and oxygen atoms in total. The lowest BCUT2D eigenvalue weighted by Crippen LogP contribution is -2.13. The van der Waals surface area contributed by atoms with Crippen LogP contribution in [0.25, 0.3) is 11.6 Å². The van der Waals surface area contributed by atoms with Crippen LogP contribution in [0.1, 0.15) is 16.7 Å². The fraction of sp³-hybridized carbons (Fsp3) is 0.125. The van der Waals surface area contributed by atoms with Crippen LogP contribution in [0.2, 0.25) is 0 Å². The number of sulfonamides is 1. The van der Waals surface area contributed by atoms with Crippen LogP contribution in [0.4, 0.5) is 24.5 Å². The predicted octanol–water partition coefficient (Wildman–Crippen LogP) is 5.02. The maximum absolute atomic E-state index is 12.9. The summed E-state index contributed by atoms with van der Waals surface area (Å²) in [5.41, 5.74) is 0.570. The number of halogens is 3. The Bertz CT molecular complexity index is 1430. The summed E-state index contributed by atoms with van der Waals surface area (Å²) >= 11 is 0. The van der Waals surface area contributed by atoms with E-state index >= 15 is 0 Å². The highest BCUT2D eigenvalue weighted by molar-refractivity contribution is 7.92. The van der Waals surface area contributed by atoms with E-state index in [0.29, 0.717) is 28.3 Å². The number of para-hydroxylation sites is 1. The molecule has 11 heteroatoms. The normalized spacial score (nSPS) is 14.4. The minimum absolute atomic E-state index is 0.0374. The standard InChI is InChI=1S/C24H19F3N2O5S/c1-33-21-5-3-4-14(22(21)34-2)12-19-18-13-17(10-11-20(18)28-23(19)30)35(31,32)29-16-8-6-15(7-9-16)24(25,26)27/h3-13,29H,1-2H3,(H,28,30). The van der Waals surface area contributed by atoms with Crippen LogP contribution >= 0.6 is 0 Å². The third kappa shape index (κ3) is 4.80.